The highest BCUT2D eigenvalue weighted by atomic mass is 19.4. The Labute approximate surface area is 186 Å². The minimum absolute atomic E-state index is 0.201. The van der Waals surface area contributed by atoms with Crippen molar-refractivity contribution in [2.24, 2.45) is 5.41 Å². The fourth-order valence-electron chi connectivity index (χ4n) is 4.69. The Morgan fingerprint density at radius 3 is 2.38 bits per heavy atom. The molecule has 2 aliphatic heterocycles. The van der Waals surface area contributed by atoms with Crippen molar-refractivity contribution >= 4 is 5.91 Å². The van der Waals surface area contributed by atoms with Crippen LogP contribution in [0.2, 0.25) is 0 Å². The van der Waals surface area contributed by atoms with Crippen LogP contribution in [0.3, 0.4) is 0 Å². The van der Waals surface area contributed by atoms with Gasteiger partial charge in [0.1, 0.15) is 0 Å². The largest absolute Gasteiger partial charge is 0.404 e. The third-order valence-corrected chi connectivity index (χ3v) is 6.61. The third-order valence-electron chi connectivity index (χ3n) is 6.61. The van der Waals surface area contributed by atoms with E-state index in [0.717, 1.165) is 24.3 Å². The molecule has 2 saturated heterocycles. The van der Waals surface area contributed by atoms with E-state index < -0.39 is 17.5 Å². The maximum Gasteiger partial charge on any atom is 0.404 e. The predicted molar refractivity (Wildman–Crippen MR) is 116 cm³/mol. The Morgan fingerprint density at radius 2 is 1.72 bits per heavy atom. The van der Waals surface area contributed by atoms with Gasteiger partial charge in [-0.15, -0.1) is 0 Å². The van der Waals surface area contributed by atoms with E-state index in [9.17, 15) is 18.0 Å². The second-order valence-electron chi connectivity index (χ2n) is 8.87. The fraction of sp³-hybridized carbons (Fsp3) is 0.500. The molecule has 1 atom stereocenters. The van der Waals surface area contributed by atoms with Crippen molar-refractivity contribution < 1.29 is 18.0 Å². The van der Waals surface area contributed by atoms with Crippen LogP contribution in [0.15, 0.2) is 54.7 Å². The van der Waals surface area contributed by atoms with Crippen molar-refractivity contribution in [3.8, 4) is 0 Å². The molecule has 0 spiro atoms. The lowest BCUT2D eigenvalue weighted by Crippen LogP contribution is -2.56. The summed E-state index contributed by atoms with van der Waals surface area (Å²) in [7, 11) is 0. The van der Waals surface area contributed by atoms with Crippen LogP contribution in [-0.4, -0.2) is 59.1 Å². The van der Waals surface area contributed by atoms with E-state index in [1.807, 2.05) is 48.5 Å². The standard InChI is InChI=1S/C24H29F3N4O/c25-24(26,27)23(11-15-31(18-23)16-19-6-2-1-3-7-19)22(32)29-20-9-13-30(14-10-20)17-21-8-4-5-12-28-21/h1-8,12,20H,9-11,13-18H2,(H,29,32). The van der Waals surface area contributed by atoms with E-state index in [1.54, 1.807) is 11.1 Å². The molecule has 172 valence electrons. The lowest BCUT2D eigenvalue weighted by Gasteiger charge is -2.36. The number of piperidine rings is 1. The van der Waals surface area contributed by atoms with Crippen LogP contribution in [0.25, 0.3) is 0 Å². The van der Waals surface area contributed by atoms with Crippen LogP contribution in [0.5, 0.6) is 0 Å². The molecule has 1 N–H and O–H groups in total. The van der Waals surface area contributed by atoms with Crippen molar-refractivity contribution in [3.05, 3.63) is 66.0 Å². The second-order valence-corrected chi connectivity index (χ2v) is 8.87. The number of carbonyl (C=O) groups excluding carboxylic acids is 1. The molecule has 1 aromatic carbocycles. The molecule has 2 aromatic rings. The number of carbonyl (C=O) groups is 1. The summed E-state index contributed by atoms with van der Waals surface area (Å²) in [5.41, 5.74) is -0.422. The van der Waals surface area contributed by atoms with E-state index in [1.165, 1.54) is 0 Å². The van der Waals surface area contributed by atoms with E-state index >= 15 is 0 Å². The first kappa shape index (κ1) is 22.7. The number of amides is 1. The number of benzene rings is 1. The molecular weight excluding hydrogens is 417 g/mol. The molecule has 0 radical (unpaired) electrons. The molecule has 8 heteroatoms. The highest BCUT2D eigenvalue weighted by Crippen LogP contribution is 2.46. The average Bonchev–Trinajstić information content (AvgIpc) is 3.22. The van der Waals surface area contributed by atoms with Gasteiger partial charge in [0.25, 0.3) is 0 Å². The molecule has 0 saturated carbocycles. The van der Waals surface area contributed by atoms with Gasteiger partial charge >= 0.3 is 6.18 Å². The minimum Gasteiger partial charge on any atom is -0.352 e. The minimum atomic E-state index is -4.58. The molecule has 32 heavy (non-hydrogen) atoms. The third kappa shape index (κ3) is 5.13. The van der Waals surface area contributed by atoms with Gasteiger partial charge in [0.05, 0.1) is 5.69 Å². The first-order chi connectivity index (χ1) is 15.4. The van der Waals surface area contributed by atoms with Crippen molar-refractivity contribution in [2.45, 2.75) is 44.6 Å². The number of hydrogen-bond donors (Lipinski definition) is 1. The second kappa shape index (κ2) is 9.58. The molecule has 4 rings (SSSR count). The molecule has 0 bridgehead atoms. The SMILES string of the molecule is O=C(NC1CCN(Cc2ccccn2)CC1)C1(C(F)(F)F)CCN(Cc2ccccc2)C1. The number of halogens is 3. The zero-order valence-electron chi connectivity index (χ0n) is 18.0. The lowest BCUT2D eigenvalue weighted by molar-refractivity contribution is -0.218. The molecule has 2 fully saturated rings. The number of likely N-dealkylation sites (tertiary alicyclic amines) is 2. The van der Waals surface area contributed by atoms with Crippen LogP contribution in [0.1, 0.15) is 30.5 Å². The van der Waals surface area contributed by atoms with Crippen LogP contribution in [-0.2, 0) is 17.9 Å². The monoisotopic (exact) mass is 446 g/mol. The fourth-order valence-corrected chi connectivity index (χ4v) is 4.69. The molecule has 2 aliphatic rings. The maximum absolute atomic E-state index is 14.1. The highest BCUT2D eigenvalue weighted by Gasteiger charge is 2.63. The summed E-state index contributed by atoms with van der Waals surface area (Å²) < 4.78 is 42.4. The summed E-state index contributed by atoms with van der Waals surface area (Å²) in [4.78, 5) is 21.3. The Balaban J connectivity index is 1.34. The number of nitrogens with one attached hydrogen (secondary N) is 1. The summed E-state index contributed by atoms with van der Waals surface area (Å²) in [6.07, 6.45) is -1.75. The maximum atomic E-state index is 14.1. The molecule has 1 amide bonds. The lowest BCUT2D eigenvalue weighted by atomic mass is 9.84. The number of hydrogen-bond acceptors (Lipinski definition) is 4. The van der Waals surface area contributed by atoms with Crippen LogP contribution >= 0.6 is 0 Å². The van der Waals surface area contributed by atoms with E-state index in [4.69, 9.17) is 0 Å². The summed E-state index contributed by atoms with van der Waals surface area (Å²) in [5, 5.41) is 2.75. The molecule has 1 aromatic heterocycles. The van der Waals surface area contributed by atoms with Crippen molar-refractivity contribution in [1.82, 2.24) is 20.1 Å². The molecular formula is C24H29F3N4O. The van der Waals surface area contributed by atoms with Crippen LogP contribution in [0.4, 0.5) is 13.2 Å². The number of pyridine rings is 1. The number of nitrogens with zero attached hydrogens (tertiary/aromatic N) is 3. The van der Waals surface area contributed by atoms with E-state index in [-0.39, 0.29) is 25.6 Å². The topological polar surface area (TPSA) is 48.5 Å². The Bertz CT molecular complexity index is 885. The van der Waals surface area contributed by atoms with Gasteiger partial charge in [-0.05, 0) is 43.5 Å². The summed E-state index contributed by atoms with van der Waals surface area (Å²) in [6.45, 7) is 2.53. The van der Waals surface area contributed by atoms with Crippen molar-refractivity contribution in [3.63, 3.8) is 0 Å². The smallest absolute Gasteiger partial charge is 0.352 e. The summed E-state index contributed by atoms with van der Waals surface area (Å²) >= 11 is 0. The quantitative estimate of drug-likeness (QED) is 0.737. The zero-order valence-corrected chi connectivity index (χ0v) is 18.0. The molecule has 3 heterocycles. The first-order valence-corrected chi connectivity index (χ1v) is 11.1. The van der Waals surface area contributed by atoms with Crippen molar-refractivity contribution in [1.29, 1.82) is 0 Å². The first-order valence-electron chi connectivity index (χ1n) is 11.1. The molecule has 5 nitrogen and oxygen atoms in total. The van der Waals surface area contributed by atoms with Gasteiger partial charge in [0.2, 0.25) is 5.91 Å². The van der Waals surface area contributed by atoms with E-state index in [0.29, 0.717) is 25.9 Å². The normalized spacial score (nSPS) is 23.3. The number of rotatable bonds is 6. The summed E-state index contributed by atoms with van der Waals surface area (Å²) in [6, 6.07) is 14.9. The van der Waals surface area contributed by atoms with Crippen LogP contribution in [0, 0.1) is 5.41 Å². The van der Waals surface area contributed by atoms with Gasteiger partial charge in [-0.1, -0.05) is 36.4 Å². The van der Waals surface area contributed by atoms with Gasteiger partial charge in [-0.25, -0.2) is 0 Å². The highest BCUT2D eigenvalue weighted by molar-refractivity contribution is 5.84. The molecule has 1 unspecified atom stereocenters. The van der Waals surface area contributed by atoms with Gasteiger partial charge < -0.3 is 5.32 Å². The Morgan fingerprint density at radius 1 is 1.00 bits per heavy atom. The van der Waals surface area contributed by atoms with Crippen LogP contribution < -0.4 is 5.32 Å². The zero-order chi connectivity index (χ0) is 22.6. The Kier molecular flexibility index (Phi) is 6.81. The number of aromatic nitrogens is 1. The molecule has 0 aliphatic carbocycles. The number of alkyl halides is 3. The Hall–Kier alpha value is -2.45. The average molecular weight is 447 g/mol. The van der Waals surface area contributed by atoms with Crippen molar-refractivity contribution in [2.75, 3.05) is 26.2 Å². The van der Waals surface area contributed by atoms with Gasteiger partial charge in [0, 0.05) is 45.0 Å². The van der Waals surface area contributed by atoms with Gasteiger partial charge in [-0.2, -0.15) is 13.2 Å². The van der Waals surface area contributed by atoms with E-state index in [2.05, 4.69) is 15.2 Å². The summed E-state index contributed by atoms with van der Waals surface area (Å²) in [5.74, 6) is -0.872. The van der Waals surface area contributed by atoms with Gasteiger partial charge in [-0.3, -0.25) is 19.6 Å². The van der Waals surface area contributed by atoms with Gasteiger partial charge in [0.15, 0.2) is 5.41 Å². The predicted octanol–water partition coefficient (Wildman–Crippen LogP) is 3.62.